The van der Waals surface area contributed by atoms with Gasteiger partial charge in [0.15, 0.2) is 0 Å². The molecular formula is C13H25N3O4. The minimum Gasteiger partial charge on any atom is -0.569 e. The molecule has 0 N–H and O–H groups in total. The summed E-state index contributed by atoms with van der Waals surface area (Å²) in [6.07, 6.45) is 1.63. The normalized spacial score (nSPS) is 27.3. The van der Waals surface area contributed by atoms with Gasteiger partial charge in [0.05, 0.1) is 30.1 Å². The second-order valence-corrected chi connectivity index (χ2v) is 6.55. The molecule has 0 aromatic rings. The Bertz CT molecular complexity index is 392. The van der Waals surface area contributed by atoms with Crippen molar-refractivity contribution in [2.45, 2.75) is 58.6 Å². The van der Waals surface area contributed by atoms with Crippen LogP contribution in [-0.2, 0) is 14.4 Å². The first kappa shape index (κ1) is 16.5. The molecule has 0 radical (unpaired) electrons. The van der Waals surface area contributed by atoms with E-state index in [0.717, 1.165) is 0 Å². The second-order valence-electron chi connectivity index (χ2n) is 6.55. The minimum absolute atomic E-state index is 0.232. The van der Waals surface area contributed by atoms with Crippen LogP contribution in [0.3, 0.4) is 0 Å². The Kier molecular flexibility index (Phi) is 4.83. The van der Waals surface area contributed by atoms with E-state index in [1.165, 1.54) is 12.1 Å². The van der Waals surface area contributed by atoms with Gasteiger partial charge in [-0.2, -0.15) is 0 Å². The van der Waals surface area contributed by atoms with E-state index in [4.69, 9.17) is 9.57 Å². The maximum absolute atomic E-state index is 11.8. The Morgan fingerprint density at radius 3 is 2.60 bits per heavy atom. The Labute approximate surface area is 120 Å². The third-order valence-corrected chi connectivity index (χ3v) is 3.87. The zero-order chi connectivity index (χ0) is 15.6. The summed E-state index contributed by atoms with van der Waals surface area (Å²) in [4.78, 5) is 17.4. The molecule has 0 heterocycles. The van der Waals surface area contributed by atoms with E-state index in [-0.39, 0.29) is 17.6 Å². The van der Waals surface area contributed by atoms with Crippen LogP contribution in [0, 0.1) is 10.6 Å². The Balaban J connectivity index is 2.58. The molecule has 7 heteroatoms. The average Bonchev–Trinajstić information content (AvgIpc) is 2.76. The van der Waals surface area contributed by atoms with Gasteiger partial charge in [0, 0.05) is 6.42 Å². The van der Waals surface area contributed by atoms with E-state index in [2.05, 4.69) is 5.28 Å². The molecule has 20 heavy (non-hydrogen) atoms. The first-order valence-corrected chi connectivity index (χ1v) is 6.76. The maximum Gasteiger partial charge on any atom is 0.311 e. The molecule has 0 amide bonds. The van der Waals surface area contributed by atoms with E-state index in [1.54, 1.807) is 7.05 Å². The molecule has 1 aliphatic rings. The highest BCUT2D eigenvalue weighted by molar-refractivity contribution is 5.76. The summed E-state index contributed by atoms with van der Waals surface area (Å²) in [5.74, 6) is -0.241. The van der Waals surface area contributed by atoms with E-state index in [9.17, 15) is 10.0 Å². The number of rotatable bonds is 4. The van der Waals surface area contributed by atoms with Gasteiger partial charge < -0.3 is 14.8 Å². The SMILES string of the molecule is COC(=O)C1(C)CCC(O/N=[N+](\[O-])N(C)C(C)(C)C)C1. The van der Waals surface area contributed by atoms with Crippen molar-refractivity contribution in [3.63, 3.8) is 0 Å². The molecule has 1 fully saturated rings. The predicted molar refractivity (Wildman–Crippen MR) is 72.4 cm³/mol. The largest absolute Gasteiger partial charge is 0.569 e. The summed E-state index contributed by atoms with van der Waals surface area (Å²) in [5, 5.41) is 16.8. The summed E-state index contributed by atoms with van der Waals surface area (Å²) in [6.45, 7) is 7.55. The lowest BCUT2D eigenvalue weighted by molar-refractivity contribution is -0.720. The van der Waals surface area contributed by atoms with Gasteiger partial charge in [-0.05, 0) is 40.5 Å². The summed E-state index contributed by atoms with van der Waals surface area (Å²) >= 11 is 0. The van der Waals surface area contributed by atoms with Crippen molar-refractivity contribution in [2.75, 3.05) is 14.2 Å². The number of hydrogen-bond acceptors (Lipinski definition) is 5. The number of hydrazine groups is 1. The monoisotopic (exact) mass is 287 g/mol. The standard InChI is InChI=1S/C13H25N3O4/c1-12(2,3)15(5)16(18)14-20-10-7-8-13(4,9-10)11(17)19-6/h10H,7-9H2,1-6H3/b16-14-. The van der Waals surface area contributed by atoms with Crippen molar-refractivity contribution in [3.05, 3.63) is 5.21 Å². The number of ether oxygens (including phenoxy) is 1. The Morgan fingerprint density at radius 1 is 1.50 bits per heavy atom. The molecule has 116 valence electrons. The molecular weight excluding hydrogens is 262 g/mol. The van der Waals surface area contributed by atoms with Crippen molar-refractivity contribution in [2.24, 2.45) is 10.7 Å². The van der Waals surface area contributed by atoms with Crippen molar-refractivity contribution < 1.29 is 19.3 Å². The average molecular weight is 287 g/mol. The summed E-state index contributed by atoms with van der Waals surface area (Å²) in [5.41, 5.74) is -0.886. The van der Waals surface area contributed by atoms with Crippen molar-refractivity contribution >= 4 is 5.97 Å². The first-order valence-electron chi connectivity index (χ1n) is 6.76. The summed E-state index contributed by atoms with van der Waals surface area (Å²) < 4.78 is 4.79. The van der Waals surface area contributed by atoms with Crippen LogP contribution in [0.25, 0.3) is 0 Å². The van der Waals surface area contributed by atoms with Crippen LogP contribution < -0.4 is 0 Å². The van der Waals surface area contributed by atoms with Gasteiger partial charge in [-0.1, -0.05) is 0 Å². The number of hydrogen-bond donors (Lipinski definition) is 0. The number of nitrogens with zero attached hydrogens (tertiary/aromatic N) is 3. The van der Waals surface area contributed by atoms with Gasteiger partial charge >= 0.3 is 5.97 Å². The third kappa shape index (κ3) is 3.74. The molecule has 1 saturated carbocycles. The number of methoxy groups -OCH3 is 1. The van der Waals surface area contributed by atoms with Crippen LogP contribution in [0.4, 0.5) is 0 Å². The lowest BCUT2D eigenvalue weighted by atomic mass is 9.89. The summed E-state index contributed by atoms with van der Waals surface area (Å²) in [6, 6.07) is 0. The first-order chi connectivity index (χ1) is 9.10. The Morgan fingerprint density at radius 2 is 2.10 bits per heavy atom. The highest BCUT2D eigenvalue weighted by atomic mass is 16.7. The van der Waals surface area contributed by atoms with Crippen LogP contribution >= 0.6 is 0 Å². The van der Waals surface area contributed by atoms with Crippen molar-refractivity contribution in [3.8, 4) is 0 Å². The van der Waals surface area contributed by atoms with Crippen LogP contribution in [0.5, 0.6) is 0 Å². The van der Waals surface area contributed by atoms with Crippen LogP contribution in [0.15, 0.2) is 5.28 Å². The molecule has 0 saturated heterocycles. The zero-order valence-corrected chi connectivity index (χ0v) is 13.2. The summed E-state index contributed by atoms with van der Waals surface area (Å²) in [7, 11) is 3.02. The molecule has 1 aliphatic carbocycles. The van der Waals surface area contributed by atoms with E-state index < -0.39 is 5.41 Å². The van der Waals surface area contributed by atoms with Crippen molar-refractivity contribution in [1.29, 1.82) is 0 Å². The quantitative estimate of drug-likeness (QED) is 0.343. The molecule has 0 spiro atoms. The van der Waals surface area contributed by atoms with Gasteiger partial charge in [0.25, 0.3) is 0 Å². The maximum atomic E-state index is 11.8. The van der Waals surface area contributed by atoms with Gasteiger partial charge in [-0.15, -0.1) is 5.01 Å². The highest BCUT2D eigenvalue weighted by Crippen LogP contribution is 2.40. The van der Waals surface area contributed by atoms with Gasteiger partial charge in [0.2, 0.25) is 5.28 Å². The van der Waals surface area contributed by atoms with Gasteiger partial charge in [-0.3, -0.25) is 4.79 Å². The highest BCUT2D eigenvalue weighted by Gasteiger charge is 2.44. The smallest absolute Gasteiger partial charge is 0.311 e. The van der Waals surface area contributed by atoms with Crippen LogP contribution in [-0.4, -0.2) is 41.7 Å². The van der Waals surface area contributed by atoms with Gasteiger partial charge in [0.1, 0.15) is 6.10 Å². The van der Waals surface area contributed by atoms with E-state index in [1.807, 2.05) is 27.7 Å². The van der Waals surface area contributed by atoms with Crippen LogP contribution in [0.1, 0.15) is 47.0 Å². The molecule has 0 bridgehead atoms. The molecule has 0 aromatic heterocycles. The fraction of sp³-hybridized carbons (Fsp3) is 0.923. The lowest BCUT2D eigenvalue weighted by Crippen LogP contribution is -2.42. The molecule has 2 unspecified atom stereocenters. The van der Waals surface area contributed by atoms with Gasteiger partial charge in [-0.25, -0.2) is 0 Å². The van der Waals surface area contributed by atoms with Crippen LogP contribution in [0.2, 0.25) is 0 Å². The lowest BCUT2D eigenvalue weighted by Gasteiger charge is -2.26. The molecule has 7 nitrogen and oxygen atoms in total. The van der Waals surface area contributed by atoms with E-state index >= 15 is 0 Å². The van der Waals surface area contributed by atoms with E-state index in [0.29, 0.717) is 24.2 Å². The fourth-order valence-corrected chi connectivity index (χ4v) is 2.13. The second kappa shape index (κ2) is 5.85. The zero-order valence-electron chi connectivity index (χ0n) is 13.2. The predicted octanol–water partition coefficient (Wildman–Crippen LogP) is 2.26. The molecule has 2 atom stereocenters. The fourth-order valence-electron chi connectivity index (χ4n) is 2.13. The topological polar surface area (TPSA) is 77.2 Å². The number of esters is 1. The number of carbonyl (C=O) groups excluding carboxylic acids is 1. The third-order valence-electron chi connectivity index (χ3n) is 3.87. The number of carbonyl (C=O) groups is 1. The molecule has 1 rings (SSSR count). The Hall–Kier alpha value is -1.53. The molecule has 0 aromatic carbocycles. The molecule has 0 aliphatic heterocycles. The van der Waals surface area contributed by atoms with Crippen molar-refractivity contribution in [1.82, 2.24) is 5.01 Å². The minimum atomic E-state index is -0.543.